The number of aryl methyl sites for hydroxylation is 1. The Morgan fingerprint density at radius 3 is 2.76 bits per heavy atom. The van der Waals surface area contributed by atoms with Crippen molar-refractivity contribution in [2.45, 2.75) is 20.3 Å². The van der Waals surface area contributed by atoms with Gasteiger partial charge >= 0.3 is 5.97 Å². The van der Waals surface area contributed by atoms with Crippen LogP contribution in [-0.4, -0.2) is 22.5 Å². The number of nitrogens with one attached hydrogen (secondary N) is 2. The third-order valence-electron chi connectivity index (χ3n) is 4.67. The van der Waals surface area contributed by atoms with E-state index in [2.05, 4.69) is 35.1 Å². The third kappa shape index (κ3) is 2.70. The van der Waals surface area contributed by atoms with E-state index in [0.717, 1.165) is 22.8 Å². The molecule has 0 atom stereocenters. The zero-order valence-corrected chi connectivity index (χ0v) is 14.3. The second-order valence-corrected chi connectivity index (χ2v) is 6.25. The van der Waals surface area contributed by atoms with Gasteiger partial charge in [0.15, 0.2) is 0 Å². The molecule has 0 aliphatic carbocycles. The van der Waals surface area contributed by atoms with Crippen molar-refractivity contribution in [2.75, 3.05) is 6.61 Å². The molecule has 4 nitrogen and oxygen atoms in total. The van der Waals surface area contributed by atoms with Gasteiger partial charge in [0.25, 0.3) is 0 Å². The molecule has 2 N–H and O–H groups in total. The number of hydrogen-bond donors (Lipinski definition) is 2. The summed E-state index contributed by atoms with van der Waals surface area (Å²) in [5.41, 5.74) is 6.41. The molecule has 126 valence electrons. The van der Waals surface area contributed by atoms with Crippen LogP contribution < -0.4 is 0 Å². The predicted octanol–water partition coefficient (Wildman–Crippen LogP) is 4.73. The van der Waals surface area contributed by atoms with Gasteiger partial charge in [-0.3, -0.25) is 0 Å². The van der Waals surface area contributed by atoms with E-state index in [-0.39, 0.29) is 5.97 Å². The number of para-hydroxylation sites is 1. The lowest BCUT2D eigenvalue weighted by Gasteiger charge is -2.04. The lowest BCUT2D eigenvalue weighted by molar-refractivity contribution is 0.0526. The van der Waals surface area contributed by atoms with Crippen LogP contribution in [0.1, 0.15) is 34.1 Å². The topological polar surface area (TPSA) is 57.9 Å². The van der Waals surface area contributed by atoms with Crippen LogP contribution in [0.25, 0.3) is 21.8 Å². The van der Waals surface area contributed by atoms with E-state index in [1.807, 2.05) is 31.3 Å². The summed E-state index contributed by atoms with van der Waals surface area (Å²) in [7, 11) is 0. The molecule has 2 heterocycles. The normalized spacial score (nSPS) is 11.3. The summed E-state index contributed by atoms with van der Waals surface area (Å²) < 4.78 is 5.12. The number of aromatic nitrogens is 2. The number of carbonyl (C=O) groups excluding carboxylic acids is 1. The first-order chi connectivity index (χ1) is 12.2. The van der Waals surface area contributed by atoms with Crippen LogP contribution in [0, 0.1) is 6.92 Å². The van der Waals surface area contributed by atoms with Crippen LogP contribution in [0.4, 0.5) is 0 Å². The Morgan fingerprint density at radius 1 is 1.08 bits per heavy atom. The predicted molar refractivity (Wildman–Crippen MR) is 100 cm³/mol. The van der Waals surface area contributed by atoms with Crippen molar-refractivity contribution in [3.8, 4) is 0 Å². The summed E-state index contributed by atoms with van der Waals surface area (Å²) in [5, 5.41) is 2.31. The van der Waals surface area contributed by atoms with Gasteiger partial charge in [0.05, 0.1) is 12.2 Å². The molecular weight excluding hydrogens is 312 g/mol. The Balaban J connectivity index is 1.77. The minimum atomic E-state index is -0.278. The van der Waals surface area contributed by atoms with Crippen molar-refractivity contribution >= 4 is 27.8 Å². The van der Waals surface area contributed by atoms with Crippen LogP contribution in [0.3, 0.4) is 0 Å². The molecule has 0 saturated carbocycles. The van der Waals surface area contributed by atoms with Gasteiger partial charge in [0.1, 0.15) is 0 Å². The maximum Gasteiger partial charge on any atom is 0.338 e. The highest BCUT2D eigenvalue weighted by Gasteiger charge is 2.14. The van der Waals surface area contributed by atoms with Crippen molar-refractivity contribution in [3.63, 3.8) is 0 Å². The maximum atomic E-state index is 12.0. The Labute approximate surface area is 145 Å². The molecule has 0 bridgehead atoms. The monoisotopic (exact) mass is 332 g/mol. The average molecular weight is 332 g/mol. The van der Waals surface area contributed by atoms with Gasteiger partial charge in [-0.1, -0.05) is 18.2 Å². The molecule has 0 amide bonds. The van der Waals surface area contributed by atoms with Gasteiger partial charge in [-0.25, -0.2) is 4.79 Å². The van der Waals surface area contributed by atoms with E-state index < -0.39 is 0 Å². The number of aromatic amines is 2. The number of fused-ring (bicyclic) bond motifs is 2. The van der Waals surface area contributed by atoms with Crippen molar-refractivity contribution in [1.82, 2.24) is 9.97 Å². The average Bonchev–Trinajstić information content (AvgIpc) is 3.16. The Kier molecular flexibility index (Phi) is 3.80. The Hall–Kier alpha value is -3.01. The fraction of sp³-hybridized carbons (Fsp3) is 0.190. The molecule has 0 radical (unpaired) electrons. The van der Waals surface area contributed by atoms with Crippen molar-refractivity contribution in [2.24, 2.45) is 0 Å². The molecule has 0 fully saturated rings. The molecule has 2 aromatic heterocycles. The molecule has 0 aliphatic rings. The molecule has 0 aliphatic heterocycles. The summed E-state index contributed by atoms with van der Waals surface area (Å²) in [6, 6.07) is 14.0. The first-order valence-corrected chi connectivity index (χ1v) is 8.50. The molecule has 4 rings (SSSR count). The highest BCUT2D eigenvalue weighted by molar-refractivity contribution is 5.96. The summed E-state index contributed by atoms with van der Waals surface area (Å²) >= 11 is 0. The van der Waals surface area contributed by atoms with Gasteiger partial charge < -0.3 is 14.7 Å². The smallest absolute Gasteiger partial charge is 0.338 e. The van der Waals surface area contributed by atoms with Crippen molar-refractivity contribution in [1.29, 1.82) is 0 Å². The number of rotatable bonds is 4. The molecule has 0 saturated heterocycles. The van der Waals surface area contributed by atoms with E-state index >= 15 is 0 Å². The molecule has 0 unspecified atom stereocenters. The SMILES string of the molecule is CCOC(=O)c1ccc2[nH]cc(Cc3c(C)[nH]c4ccccc34)c2c1. The fourth-order valence-electron chi connectivity index (χ4n) is 3.42. The lowest BCUT2D eigenvalue weighted by atomic mass is 10.0. The molecule has 25 heavy (non-hydrogen) atoms. The largest absolute Gasteiger partial charge is 0.462 e. The first-order valence-electron chi connectivity index (χ1n) is 8.50. The van der Waals surface area contributed by atoms with Gasteiger partial charge in [-0.15, -0.1) is 0 Å². The third-order valence-corrected chi connectivity index (χ3v) is 4.67. The van der Waals surface area contributed by atoms with E-state index in [1.54, 1.807) is 6.07 Å². The standard InChI is InChI=1S/C21H20N2O2/c1-3-25-21(24)14-8-9-19-18(10-14)15(12-22-19)11-17-13(2)23-20-7-5-4-6-16(17)20/h4-10,12,22-23H,3,11H2,1-2H3. The minimum absolute atomic E-state index is 0.278. The van der Waals surface area contributed by atoms with E-state index in [1.165, 1.54) is 22.2 Å². The Bertz CT molecular complexity index is 1070. The number of ether oxygens (including phenoxy) is 1. The number of H-pyrrole nitrogens is 2. The number of carbonyl (C=O) groups is 1. The second kappa shape index (κ2) is 6.13. The van der Waals surface area contributed by atoms with Crippen LogP contribution >= 0.6 is 0 Å². The van der Waals surface area contributed by atoms with Crippen LogP contribution in [0.2, 0.25) is 0 Å². The van der Waals surface area contributed by atoms with Gasteiger partial charge in [0.2, 0.25) is 0 Å². The zero-order valence-electron chi connectivity index (χ0n) is 14.3. The Morgan fingerprint density at radius 2 is 1.92 bits per heavy atom. The van der Waals surface area contributed by atoms with Crippen molar-refractivity contribution in [3.05, 3.63) is 71.0 Å². The highest BCUT2D eigenvalue weighted by Crippen LogP contribution is 2.28. The molecule has 4 heteroatoms. The van der Waals surface area contributed by atoms with Gasteiger partial charge in [-0.05, 0) is 49.2 Å². The fourth-order valence-corrected chi connectivity index (χ4v) is 3.42. The van der Waals surface area contributed by atoms with E-state index in [9.17, 15) is 4.79 Å². The summed E-state index contributed by atoms with van der Waals surface area (Å²) in [6.45, 7) is 4.30. The van der Waals surface area contributed by atoms with Gasteiger partial charge in [-0.2, -0.15) is 0 Å². The molecule has 4 aromatic rings. The quantitative estimate of drug-likeness (QED) is 0.531. The summed E-state index contributed by atoms with van der Waals surface area (Å²) in [5.74, 6) is -0.278. The molecule has 0 spiro atoms. The van der Waals surface area contributed by atoms with E-state index in [4.69, 9.17) is 4.74 Å². The number of esters is 1. The van der Waals surface area contributed by atoms with E-state index in [0.29, 0.717) is 12.2 Å². The second-order valence-electron chi connectivity index (χ2n) is 6.25. The lowest BCUT2D eigenvalue weighted by Crippen LogP contribution is -2.04. The van der Waals surface area contributed by atoms with Crippen LogP contribution in [0.15, 0.2) is 48.7 Å². The summed E-state index contributed by atoms with van der Waals surface area (Å²) in [6.07, 6.45) is 2.84. The number of hydrogen-bond acceptors (Lipinski definition) is 2. The van der Waals surface area contributed by atoms with Crippen LogP contribution in [0.5, 0.6) is 0 Å². The van der Waals surface area contributed by atoms with Gasteiger partial charge in [0, 0.05) is 40.1 Å². The van der Waals surface area contributed by atoms with Crippen LogP contribution in [-0.2, 0) is 11.2 Å². The zero-order chi connectivity index (χ0) is 17.4. The number of benzene rings is 2. The maximum absolute atomic E-state index is 12.0. The van der Waals surface area contributed by atoms with Crippen molar-refractivity contribution < 1.29 is 9.53 Å². The minimum Gasteiger partial charge on any atom is -0.462 e. The first kappa shape index (κ1) is 15.5. The summed E-state index contributed by atoms with van der Waals surface area (Å²) in [4.78, 5) is 18.8. The molecular formula is C21H20N2O2. The highest BCUT2D eigenvalue weighted by atomic mass is 16.5. The molecule has 2 aromatic carbocycles.